The fourth-order valence-corrected chi connectivity index (χ4v) is 2.67. The molecule has 1 aliphatic heterocycles. The third kappa shape index (κ3) is 2.87. The number of nitrogens with zero attached hydrogens (tertiary/aromatic N) is 2. The lowest BCUT2D eigenvalue weighted by molar-refractivity contribution is -0.130. The van der Waals surface area contributed by atoms with Gasteiger partial charge in [0, 0.05) is 31.6 Å². The minimum Gasteiger partial charge on any atom is -0.368 e. The summed E-state index contributed by atoms with van der Waals surface area (Å²) in [6.07, 6.45) is 4.49. The van der Waals surface area contributed by atoms with Crippen molar-refractivity contribution in [2.45, 2.75) is 25.0 Å². The van der Waals surface area contributed by atoms with Crippen molar-refractivity contribution in [2.75, 3.05) is 6.61 Å². The van der Waals surface area contributed by atoms with Crippen molar-refractivity contribution in [2.24, 2.45) is 7.05 Å². The molecule has 22 heavy (non-hydrogen) atoms. The van der Waals surface area contributed by atoms with Crippen molar-refractivity contribution in [3.05, 3.63) is 53.9 Å². The van der Waals surface area contributed by atoms with Gasteiger partial charge >= 0.3 is 0 Å². The SMILES string of the molecule is Cn1ccnc1[C@@H](NC(=O)[C@H]1CCCO1)c1ccccc1F. The number of amides is 1. The van der Waals surface area contributed by atoms with E-state index in [2.05, 4.69) is 10.3 Å². The van der Waals surface area contributed by atoms with Gasteiger partial charge in [-0.1, -0.05) is 18.2 Å². The van der Waals surface area contributed by atoms with E-state index in [4.69, 9.17) is 4.74 Å². The van der Waals surface area contributed by atoms with Gasteiger partial charge in [-0.15, -0.1) is 0 Å². The number of benzene rings is 1. The fourth-order valence-electron chi connectivity index (χ4n) is 2.67. The smallest absolute Gasteiger partial charge is 0.249 e. The Kier molecular flexibility index (Phi) is 4.20. The lowest BCUT2D eigenvalue weighted by Crippen LogP contribution is -2.38. The van der Waals surface area contributed by atoms with E-state index in [1.807, 2.05) is 7.05 Å². The maximum Gasteiger partial charge on any atom is 0.249 e. The molecule has 5 nitrogen and oxygen atoms in total. The molecule has 2 atom stereocenters. The number of carbonyl (C=O) groups excluding carboxylic acids is 1. The molecule has 0 aliphatic carbocycles. The molecule has 1 amide bonds. The molecular formula is C16H18FN3O2. The van der Waals surface area contributed by atoms with E-state index in [-0.39, 0.29) is 11.7 Å². The second-order valence-electron chi connectivity index (χ2n) is 5.36. The van der Waals surface area contributed by atoms with Crippen LogP contribution in [0.25, 0.3) is 0 Å². The van der Waals surface area contributed by atoms with Crippen molar-refractivity contribution in [1.82, 2.24) is 14.9 Å². The summed E-state index contributed by atoms with van der Waals surface area (Å²) in [6, 6.07) is 5.76. The molecule has 2 aromatic rings. The van der Waals surface area contributed by atoms with Crippen LogP contribution >= 0.6 is 0 Å². The molecule has 1 aromatic heterocycles. The van der Waals surface area contributed by atoms with Gasteiger partial charge in [0.2, 0.25) is 5.91 Å². The number of imidazole rings is 1. The zero-order valence-electron chi connectivity index (χ0n) is 12.3. The number of nitrogens with one attached hydrogen (secondary N) is 1. The molecule has 116 valence electrons. The van der Waals surface area contributed by atoms with Crippen LogP contribution < -0.4 is 5.32 Å². The fraction of sp³-hybridized carbons (Fsp3) is 0.375. The molecule has 3 rings (SSSR count). The van der Waals surface area contributed by atoms with Crippen molar-refractivity contribution < 1.29 is 13.9 Å². The van der Waals surface area contributed by atoms with Gasteiger partial charge in [0.05, 0.1) is 0 Å². The van der Waals surface area contributed by atoms with Gasteiger partial charge in [0.15, 0.2) is 0 Å². The van der Waals surface area contributed by atoms with Gasteiger partial charge in [-0.25, -0.2) is 9.37 Å². The first-order valence-corrected chi connectivity index (χ1v) is 7.30. The summed E-state index contributed by atoms with van der Waals surface area (Å²) in [5, 5.41) is 2.87. The molecule has 0 saturated carbocycles. The lowest BCUT2D eigenvalue weighted by atomic mass is 10.0. The lowest BCUT2D eigenvalue weighted by Gasteiger charge is -2.21. The number of aromatic nitrogens is 2. The van der Waals surface area contributed by atoms with Gasteiger partial charge in [0.1, 0.15) is 23.8 Å². The summed E-state index contributed by atoms with van der Waals surface area (Å²) in [5.74, 6) is -0.0201. The summed E-state index contributed by atoms with van der Waals surface area (Å²) < 4.78 is 21.3. The van der Waals surface area contributed by atoms with Gasteiger partial charge in [0.25, 0.3) is 0 Å². The average Bonchev–Trinajstić information content (AvgIpc) is 3.17. The van der Waals surface area contributed by atoms with Gasteiger partial charge in [-0.3, -0.25) is 4.79 Å². The van der Waals surface area contributed by atoms with E-state index >= 15 is 0 Å². The Balaban J connectivity index is 1.91. The quantitative estimate of drug-likeness (QED) is 0.939. The van der Waals surface area contributed by atoms with E-state index < -0.39 is 12.1 Å². The van der Waals surface area contributed by atoms with Crippen LogP contribution in [0.3, 0.4) is 0 Å². The molecule has 0 spiro atoms. The Bertz CT molecular complexity index is 665. The molecule has 1 saturated heterocycles. The summed E-state index contributed by atoms with van der Waals surface area (Å²) in [6.45, 7) is 0.588. The molecule has 2 heterocycles. The largest absolute Gasteiger partial charge is 0.368 e. The Hall–Kier alpha value is -2.21. The molecule has 1 aliphatic rings. The molecular weight excluding hydrogens is 285 g/mol. The second kappa shape index (κ2) is 6.27. The molecule has 0 unspecified atom stereocenters. The standard InChI is InChI=1S/C16H18FN3O2/c1-20-9-8-18-15(20)14(11-5-2-3-6-12(11)17)19-16(21)13-7-4-10-22-13/h2-3,5-6,8-9,13-14H,4,7,10H2,1H3,(H,19,21)/t13-,14+/m1/s1. The van der Waals surface area contributed by atoms with E-state index in [1.165, 1.54) is 6.07 Å². The highest BCUT2D eigenvalue weighted by Gasteiger charge is 2.29. The van der Waals surface area contributed by atoms with Crippen molar-refractivity contribution in [1.29, 1.82) is 0 Å². The summed E-state index contributed by atoms with van der Waals surface area (Å²) in [7, 11) is 1.81. The predicted molar refractivity (Wildman–Crippen MR) is 78.6 cm³/mol. The van der Waals surface area contributed by atoms with E-state index in [0.717, 1.165) is 6.42 Å². The van der Waals surface area contributed by atoms with Crippen LogP contribution in [-0.4, -0.2) is 28.2 Å². The number of carbonyl (C=O) groups is 1. The average molecular weight is 303 g/mol. The van der Waals surface area contributed by atoms with Gasteiger partial charge < -0.3 is 14.6 Å². The van der Waals surface area contributed by atoms with Gasteiger partial charge in [-0.2, -0.15) is 0 Å². The minimum absolute atomic E-state index is 0.228. The van der Waals surface area contributed by atoms with Crippen molar-refractivity contribution >= 4 is 5.91 Å². The van der Waals surface area contributed by atoms with Gasteiger partial charge in [-0.05, 0) is 18.9 Å². The van der Waals surface area contributed by atoms with E-state index in [0.29, 0.717) is 24.4 Å². The summed E-state index contributed by atoms with van der Waals surface area (Å²) in [5.41, 5.74) is 0.392. The highest BCUT2D eigenvalue weighted by molar-refractivity contribution is 5.81. The normalized spacial score (nSPS) is 19.1. The van der Waals surface area contributed by atoms with Crippen LogP contribution in [0.2, 0.25) is 0 Å². The van der Waals surface area contributed by atoms with Crippen molar-refractivity contribution in [3.8, 4) is 0 Å². The van der Waals surface area contributed by atoms with Crippen LogP contribution in [0, 0.1) is 5.82 Å². The molecule has 1 N–H and O–H groups in total. The van der Waals surface area contributed by atoms with E-state index in [1.54, 1.807) is 35.2 Å². The summed E-state index contributed by atoms with van der Waals surface area (Å²) in [4.78, 5) is 16.6. The maximum atomic E-state index is 14.2. The Morgan fingerprint density at radius 3 is 2.95 bits per heavy atom. The number of aryl methyl sites for hydroxylation is 1. The Morgan fingerprint density at radius 1 is 1.50 bits per heavy atom. The topological polar surface area (TPSA) is 56.2 Å². The molecule has 1 aromatic carbocycles. The number of hydrogen-bond acceptors (Lipinski definition) is 3. The number of rotatable bonds is 4. The highest BCUT2D eigenvalue weighted by atomic mass is 19.1. The first-order valence-electron chi connectivity index (χ1n) is 7.30. The minimum atomic E-state index is -0.641. The van der Waals surface area contributed by atoms with Crippen molar-refractivity contribution in [3.63, 3.8) is 0 Å². The number of halogens is 1. The first kappa shape index (κ1) is 14.7. The third-order valence-electron chi connectivity index (χ3n) is 3.84. The van der Waals surface area contributed by atoms with Crippen LogP contribution in [0.4, 0.5) is 4.39 Å². The number of ether oxygens (including phenoxy) is 1. The monoisotopic (exact) mass is 303 g/mol. The first-order chi connectivity index (χ1) is 10.7. The van der Waals surface area contributed by atoms with E-state index in [9.17, 15) is 9.18 Å². The Morgan fingerprint density at radius 2 is 2.32 bits per heavy atom. The zero-order valence-corrected chi connectivity index (χ0v) is 12.3. The van der Waals surface area contributed by atoms with Crippen LogP contribution in [0.15, 0.2) is 36.7 Å². The molecule has 6 heteroatoms. The van der Waals surface area contributed by atoms with Crippen LogP contribution in [0.5, 0.6) is 0 Å². The highest BCUT2D eigenvalue weighted by Crippen LogP contribution is 2.24. The van der Waals surface area contributed by atoms with Crippen LogP contribution in [-0.2, 0) is 16.6 Å². The number of hydrogen-bond donors (Lipinski definition) is 1. The summed E-state index contributed by atoms with van der Waals surface area (Å²) >= 11 is 0. The maximum absolute atomic E-state index is 14.2. The second-order valence-corrected chi connectivity index (χ2v) is 5.36. The molecule has 0 radical (unpaired) electrons. The van der Waals surface area contributed by atoms with Crippen LogP contribution in [0.1, 0.15) is 30.3 Å². The Labute approximate surface area is 128 Å². The predicted octanol–water partition coefficient (Wildman–Crippen LogP) is 1.94. The molecule has 0 bridgehead atoms. The third-order valence-corrected chi connectivity index (χ3v) is 3.84. The zero-order chi connectivity index (χ0) is 15.5. The molecule has 1 fully saturated rings.